The number of nitrogens with one attached hydrogen (secondary N) is 1. The van der Waals surface area contributed by atoms with E-state index in [0.717, 1.165) is 27.9 Å². The molecule has 0 aromatic carbocycles. The van der Waals surface area contributed by atoms with E-state index >= 15 is 0 Å². The molecule has 0 bridgehead atoms. The first-order valence-electron chi connectivity index (χ1n) is 5.35. The van der Waals surface area contributed by atoms with Gasteiger partial charge in [0.25, 0.3) is 0 Å². The molecule has 0 saturated carbocycles. The van der Waals surface area contributed by atoms with Crippen LogP contribution in [0.3, 0.4) is 0 Å². The van der Waals surface area contributed by atoms with Gasteiger partial charge in [0.1, 0.15) is 11.5 Å². The molecular formula is C12H16N2OS. The Morgan fingerprint density at radius 1 is 1.38 bits per heavy atom. The molecule has 86 valence electrons. The molecule has 4 heteroatoms. The predicted octanol–water partition coefficient (Wildman–Crippen LogP) is 3.84. The molecule has 2 aromatic heterocycles. The molecule has 2 heterocycles. The maximum atomic E-state index is 5.50. The summed E-state index contributed by atoms with van der Waals surface area (Å²) >= 11 is 1.63. The van der Waals surface area contributed by atoms with Crippen molar-refractivity contribution in [3.8, 4) is 11.3 Å². The summed E-state index contributed by atoms with van der Waals surface area (Å²) in [6.45, 7) is 8.13. The first kappa shape index (κ1) is 11.2. The summed E-state index contributed by atoms with van der Waals surface area (Å²) in [6.07, 6.45) is 0. The molecular weight excluding hydrogens is 220 g/mol. The van der Waals surface area contributed by atoms with Crippen molar-refractivity contribution < 1.29 is 4.42 Å². The van der Waals surface area contributed by atoms with Crippen LogP contribution >= 0.6 is 11.3 Å². The van der Waals surface area contributed by atoms with Crippen molar-refractivity contribution in [2.24, 2.45) is 0 Å². The summed E-state index contributed by atoms with van der Waals surface area (Å²) in [4.78, 5) is 4.54. The lowest BCUT2D eigenvalue weighted by Crippen LogP contribution is -2.08. The Morgan fingerprint density at radius 2 is 2.12 bits per heavy atom. The number of anilines is 1. The molecule has 0 atom stereocenters. The molecule has 0 aliphatic rings. The van der Waals surface area contributed by atoms with E-state index in [1.54, 1.807) is 11.3 Å². The highest BCUT2D eigenvalue weighted by atomic mass is 32.1. The molecule has 0 fully saturated rings. The predicted molar refractivity (Wildman–Crippen MR) is 68.0 cm³/mol. The maximum Gasteiger partial charge on any atom is 0.183 e. The van der Waals surface area contributed by atoms with Crippen molar-refractivity contribution in [1.29, 1.82) is 0 Å². The van der Waals surface area contributed by atoms with E-state index < -0.39 is 0 Å². The summed E-state index contributed by atoms with van der Waals surface area (Å²) in [7, 11) is 0. The van der Waals surface area contributed by atoms with Crippen LogP contribution in [-0.2, 0) is 0 Å². The largest absolute Gasteiger partial charge is 0.466 e. The Kier molecular flexibility index (Phi) is 3.01. The maximum absolute atomic E-state index is 5.50. The van der Waals surface area contributed by atoms with E-state index in [2.05, 4.69) is 29.5 Å². The van der Waals surface area contributed by atoms with E-state index in [0.29, 0.717) is 6.04 Å². The minimum atomic E-state index is 0.409. The molecule has 0 radical (unpaired) electrons. The Labute approximate surface area is 99.5 Å². The number of rotatable bonds is 3. The van der Waals surface area contributed by atoms with E-state index in [9.17, 15) is 0 Å². The van der Waals surface area contributed by atoms with Crippen LogP contribution in [0, 0.1) is 13.8 Å². The highest BCUT2D eigenvalue weighted by molar-refractivity contribution is 7.14. The number of aryl methyl sites for hydroxylation is 2. The normalized spacial score (nSPS) is 11.1. The third-order valence-corrected chi connectivity index (χ3v) is 3.01. The standard InChI is InChI=1S/C12H16N2OS/c1-7(2)13-12-14-11(6-16-12)10-5-8(3)15-9(10)4/h5-7H,1-4H3,(H,13,14). The third kappa shape index (κ3) is 2.27. The molecule has 3 nitrogen and oxygen atoms in total. The van der Waals surface area contributed by atoms with Gasteiger partial charge < -0.3 is 9.73 Å². The molecule has 2 rings (SSSR count). The second-order valence-electron chi connectivity index (χ2n) is 4.16. The molecule has 0 amide bonds. The second-order valence-corrected chi connectivity index (χ2v) is 5.02. The van der Waals surface area contributed by atoms with Crippen LogP contribution in [0.4, 0.5) is 5.13 Å². The van der Waals surface area contributed by atoms with Gasteiger partial charge >= 0.3 is 0 Å². The Hall–Kier alpha value is -1.29. The van der Waals surface area contributed by atoms with Gasteiger partial charge in [-0.05, 0) is 33.8 Å². The van der Waals surface area contributed by atoms with Gasteiger partial charge in [0.2, 0.25) is 0 Å². The Bertz CT molecular complexity index is 485. The molecule has 0 aliphatic heterocycles. The molecule has 0 saturated heterocycles. The summed E-state index contributed by atoms with van der Waals surface area (Å²) in [6, 6.07) is 2.44. The number of nitrogens with zero attached hydrogens (tertiary/aromatic N) is 1. The van der Waals surface area contributed by atoms with Crippen molar-refractivity contribution in [2.75, 3.05) is 5.32 Å². The smallest absolute Gasteiger partial charge is 0.183 e. The zero-order chi connectivity index (χ0) is 11.7. The molecule has 2 aromatic rings. The Balaban J connectivity index is 2.28. The first-order chi connectivity index (χ1) is 7.56. The van der Waals surface area contributed by atoms with Crippen LogP contribution in [0.2, 0.25) is 0 Å². The first-order valence-corrected chi connectivity index (χ1v) is 6.23. The highest BCUT2D eigenvalue weighted by Crippen LogP contribution is 2.29. The van der Waals surface area contributed by atoms with Gasteiger partial charge in [-0.3, -0.25) is 0 Å². The SMILES string of the molecule is Cc1cc(-c2csc(NC(C)C)n2)c(C)o1. The van der Waals surface area contributed by atoms with Crippen LogP contribution in [0.15, 0.2) is 15.9 Å². The van der Waals surface area contributed by atoms with Crippen LogP contribution < -0.4 is 5.32 Å². The lowest BCUT2D eigenvalue weighted by atomic mass is 10.2. The van der Waals surface area contributed by atoms with Crippen LogP contribution in [0.1, 0.15) is 25.4 Å². The second kappa shape index (κ2) is 4.29. The Morgan fingerprint density at radius 3 is 2.69 bits per heavy atom. The fourth-order valence-electron chi connectivity index (χ4n) is 1.60. The fraction of sp³-hybridized carbons (Fsp3) is 0.417. The van der Waals surface area contributed by atoms with Crippen LogP contribution in [-0.4, -0.2) is 11.0 Å². The topological polar surface area (TPSA) is 38.1 Å². The molecule has 0 aliphatic carbocycles. The van der Waals surface area contributed by atoms with Crippen molar-refractivity contribution in [2.45, 2.75) is 33.7 Å². The van der Waals surface area contributed by atoms with Gasteiger partial charge in [-0.25, -0.2) is 4.98 Å². The summed E-state index contributed by atoms with van der Waals surface area (Å²) in [5.74, 6) is 1.86. The van der Waals surface area contributed by atoms with E-state index in [1.165, 1.54) is 0 Å². The lowest BCUT2D eigenvalue weighted by Gasteiger charge is -2.04. The minimum absolute atomic E-state index is 0.409. The van der Waals surface area contributed by atoms with Crippen molar-refractivity contribution in [3.05, 3.63) is 23.0 Å². The number of aromatic nitrogens is 1. The quantitative estimate of drug-likeness (QED) is 0.879. The molecule has 0 spiro atoms. The van der Waals surface area contributed by atoms with Crippen molar-refractivity contribution in [3.63, 3.8) is 0 Å². The van der Waals surface area contributed by atoms with Crippen LogP contribution in [0.5, 0.6) is 0 Å². The van der Waals surface area contributed by atoms with Gasteiger partial charge in [-0.1, -0.05) is 0 Å². The van der Waals surface area contributed by atoms with Crippen molar-refractivity contribution >= 4 is 16.5 Å². The minimum Gasteiger partial charge on any atom is -0.466 e. The number of furan rings is 1. The van der Waals surface area contributed by atoms with Gasteiger partial charge in [-0.2, -0.15) is 0 Å². The summed E-state index contributed by atoms with van der Waals surface area (Å²) in [5.41, 5.74) is 2.08. The molecule has 0 unspecified atom stereocenters. The van der Waals surface area contributed by atoms with E-state index in [1.807, 2.05) is 19.9 Å². The monoisotopic (exact) mass is 236 g/mol. The lowest BCUT2D eigenvalue weighted by molar-refractivity contribution is 0.505. The van der Waals surface area contributed by atoms with E-state index in [-0.39, 0.29) is 0 Å². The molecule has 1 N–H and O–H groups in total. The zero-order valence-electron chi connectivity index (χ0n) is 10.00. The summed E-state index contributed by atoms with van der Waals surface area (Å²) < 4.78 is 5.50. The van der Waals surface area contributed by atoms with Crippen LogP contribution in [0.25, 0.3) is 11.3 Å². The third-order valence-electron chi connectivity index (χ3n) is 2.23. The van der Waals surface area contributed by atoms with Gasteiger partial charge in [-0.15, -0.1) is 11.3 Å². The fourth-order valence-corrected chi connectivity index (χ4v) is 2.45. The number of hydrogen-bond acceptors (Lipinski definition) is 4. The van der Waals surface area contributed by atoms with Gasteiger partial charge in [0, 0.05) is 17.0 Å². The average molecular weight is 236 g/mol. The average Bonchev–Trinajstić information content (AvgIpc) is 2.72. The van der Waals surface area contributed by atoms with Gasteiger partial charge in [0.05, 0.1) is 5.69 Å². The van der Waals surface area contributed by atoms with Crippen molar-refractivity contribution in [1.82, 2.24) is 4.98 Å². The highest BCUT2D eigenvalue weighted by Gasteiger charge is 2.11. The van der Waals surface area contributed by atoms with Gasteiger partial charge in [0.15, 0.2) is 5.13 Å². The zero-order valence-corrected chi connectivity index (χ0v) is 10.8. The number of hydrogen-bond donors (Lipinski definition) is 1. The number of thiazole rings is 1. The van der Waals surface area contributed by atoms with E-state index in [4.69, 9.17) is 4.42 Å². The summed E-state index contributed by atoms with van der Waals surface area (Å²) in [5, 5.41) is 6.32. The molecule has 16 heavy (non-hydrogen) atoms.